The number of aromatic amines is 1. The number of hydrogen-bond acceptors (Lipinski definition) is 5. The van der Waals surface area contributed by atoms with E-state index in [1.54, 1.807) is 4.57 Å². The third-order valence-corrected chi connectivity index (χ3v) is 5.51. The van der Waals surface area contributed by atoms with Crippen molar-refractivity contribution in [2.45, 2.75) is 31.7 Å². The average Bonchev–Trinajstić information content (AvgIpc) is 3.27. The lowest BCUT2D eigenvalue weighted by molar-refractivity contribution is -0.0832. The molecule has 0 amide bonds. The van der Waals surface area contributed by atoms with Gasteiger partial charge in [-0.05, 0) is 24.1 Å². The third-order valence-electron chi connectivity index (χ3n) is 5.51. The van der Waals surface area contributed by atoms with Gasteiger partial charge in [0, 0.05) is 31.4 Å². The fraction of sp³-hybridized carbons (Fsp3) is 0.350. The van der Waals surface area contributed by atoms with E-state index in [0.717, 1.165) is 37.3 Å². The summed E-state index contributed by atoms with van der Waals surface area (Å²) in [5.41, 5.74) is 2.95. The minimum Gasteiger partial charge on any atom is -0.364 e. The predicted molar refractivity (Wildman–Crippen MR) is 99.9 cm³/mol. The summed E-state index contributed by atoms with van der Waals surface area (Å²) in [6.07, 6.45) is 2.74. The highest BCUT2D eigenvalue weighted by Gasteiger charge is 2.43. The fourth-order valence-electron chi connectivity index (χ4n) is 4.06. The first-order valence-electron chi connectivity index (χ1n) is 9.22. The van der Waals surface area contributed by atoms with Crippen LogP contribution in [0.4, 0.5) is 0 Å². The number of H-pyrrole nitrogens is 1. The van der Waals surface area contributed by atoms with Gasteiger partial charge in [0.15, 0.2) is 5.82 Å². The minimum absolute atomic E-state index is 0.142. The van der Waals surface area contributed by atoms with E-state index in [9.17, 15) is 4.79 Å². The molecule has 0 radical (unpaired) electrons. The van der Waals surface area contributed by atoms with Gasteiger partial charge in [0.05, 0.1) is 12.2 Å². The van der Waals surface area contributed by atoms with E-state index >= 15 is 0 Å². The largest absolute Gasteiger partial charge is 0.364 e. The molecule has 1 unspecified atom stereocenters. The Balaban J connectivity index is 1.27. The van der Waals surface area contributed by atoms with E-state index in [-0.39, 0.29) is 11.3 Å². The Hall–Kier alpha value is -2.77. The smallest absolute Gasteiger partial charge is 0.343 e. The van der Waals surface area contributed by atoms with Crippen LogP contribution in [0.2, 0.25) is 0 Å². The molecule has 0 bridgehead atoms. The van der Waals surface area contributed by atoms with Crippen molar-refractivity contribution in [2.75, 3.05) is 13.1 Å². The fourth-order valence-corrected chi connectivity index (χ4v) is 4.06. The van der Waals surface area contributed by atoms with Crippen LogP contribution in [-0.2, 0) is 24.4 Å². The molecule has 138 valence electrons. The number of benzene rings is 1. The zero-order chi connectivity index (χ0) is 18.3. The summed E-state index contributed by atoms with van der Waals surface area (Å²) in [4.78, 5) is 18.7. The monoisotopic (exact) mass is 363 g/mol. The maximum atomic E-state index is 11.9. The molecule has 1 saturated heterocycles. The Morgan fingerprint density at radius 3 is 2.85 bits per heavy atom. The summed E-state index contributed by atoms with van der Waals surface area (Å²) < 4.78 is 7.84. The molecule has 3 aromatic rings. The van der Waals surface area contributed by atoms with Crippen molar-refractivity contribution in [3.63, 3.8) is 0 Å². The van der Waals surface area contributed by atoms with Gasteiger partial charge < -0.3 is 4.74 Å². The summed E-state index contributed by atoms with van der Waals surface area (Å²) in [5.74, 6) is 0.689. The molecule has 4 heterocycles. The van der Waals surface area contributed by atoms with Crippen molar-refractivity contribution in [2.24, 2.45) is 0 Å². The number of nitrogens with one attached hydrogen (secondary N) is 1. The van der Waals surface area contributed by atoms with Crippen molar-refractivity contribution in [3.8, 4) is 11.3 Å². The zero-order valence-corrected chi connectivity index (χ0v) is 15.0. The maximum absolute atomic E-state index is 11.9. The maximum Gasteiger partial charge on any atom is 0.343 e. The summed E-state index contributed by atoms with van der Waals surface area (Å²) >= 11 is 0. The standard InChI is InChI=1S/C20H21N5O2/c26-19-23-22-18-12-27-20(14-25(18)19)8-10-24(13-20)11-15-4-6-16(7-5-15)17-3-1-2-9-21-17/h1-7,9H,8,10-14H2,(H,23,26). The van der Waals surface area contributed by atoms with Gasteiger partial charge in [-0.2, -0.15) is 5.10 Å². The minimum atomic E-state index is -0.283. The second-order valence-electron chi connectivity index (χ2n) is 7.38. The molecule has 1 spiro atoms. The molecule has 1 fully saturated rings. The lowest BCUT2D eigenvalue weighted by Gasteiger charge is -2.33. The van der Waals surface area contributed by atoms with Crippen molar-refractivity contribution >= 4 is 0 Å². The van der Waals surface area contributed by atoms with Crippen LogP contribution in [0, 0.1) is 0 Å². The molecule has 2 aliphatic heterocycles. The van der Waals surface area contributed by atoms with Crippen LogP contribution in [0.1, 0.15) is 17.8 Å². The quantitative estimate of drug-likeness (QED) is 0.768. The van der Waals surface area contributed by atoms with Crippen molar-refractivity contribution in [1.29, 1.82) is 0 Å². The summed E-state index contributed by atoms with van der Waals surface area (Å²) in [5, 5.41) is 6.53. The number of fused-ring (bicyclic) bond motifs is 1. The average molecular weight is 363 g/mol. The predicted octanol–water partition coefficient (Wildman–Crippen LogP) is 1.81. The molecule has 0 aliphatic carbocycles. The van der Waals surface area contributed by atoms with Gasteiger partial charge >= 0.3 is 5.69 Å². The van der Waals surface area contributed by atoms with E-state index in [1.165, 1.54) is 5.56 Å². The molecular weight excluding hydrogens is 342 g/mol. The molecular formula is C20H21N5O2. The number of hydrogen-bond donors (Lipinski definition) is 1. The summed E-state index contributed by atoms with van der Waals surface area (Å²) in [6, 6.07) is 14.5. The number of pyridine rings is 1. The number of nitrogens with zero attached hydrogens (tertiary/aromatic N) is 4. The highest BCUT2D eigenvalue weighted by atomic mass is 16.5. The highest BCUT2D eigenvalue weighted by Crippen LogP contribution is 2.32. The summed E-state index contributed by atoms with van der Waals surface area (Å²) in [6.45, 7) is 3.63. The Morgan fingerprint density at radius 2 is 2.04 bits per heavy atom. The van der Waals surface area contributed by atoms with E-state index in [1.807, 2.05) is 24.4 Å². The Bertz CT molecular complexity index is 995. The van der Waals surface area contributed by atoms with Gasteiger partial charge in [0.25, 0.3) is 0 Å². The molecule has 2 aliphatic rings. The second kappa shape index (κ2) is 6.44. The normalized spacial score (nSPS) is 22.2. The Kier molecular flexibility index (Phi) is 3.91. The van der Waals surface area contributed by atoms with E-state index in [4.69, 9.17) is 4.74 Å². The Labute approximate surface area is 156 Å². The van der Waals surface area contributed by atoms with Crippen molar-refractivity contribution in [1.82, 2.24) is 24.6 Å². The van der Waals surface area contributed by atoms with Crippen LogP contribution in [0.3, 0.4) is 0 Å². The molecule has 1 aromatic carbocycles. The number of rotatable bonds is 3. The lowest BCUT2D eigenvalue weighted by Crippen LogP contribution is -2.46. The van der Waals surface area contributed by atoms with Gasteiger partial charge in [-0.25, -0.2) is 9.89 Å². The highest BCUT2D eigenvalue weighted by molar-refractivity contribution is 5.58. The first-order valence-corrected chi connectivity index (χ1v) is 9.22. The number of ether oxygens (including phenoxy) is 1. The number of likely N-dealkylation sites (tertiary alicyclic amines) is 1. The molecule has 1 atom stereocenters. The first kappa shape index (κ1) is 16.4. The lowest BCUT2D eigenvalue weighted by atomic mass is 10.0. The molecule has 1 N–H and O–H groups in total. The molecule has 2 aromatic heterocycles. The van der Waals surface area contributed by atoms with Gasteiger partial charge in [-0.1, -0.05) is 30.3 Å². The molecule has 5 rings (SSSR count). The van der Waals surface area contributed by atoms with Crippen LogP contribution in [0.15, 0.2) is 53.5 Å². The first-order chi connectivity index (χ1) is 13.2. The zero-order valence-electron chi connectivity index (χ0n) is 15.0. The van der Waals surface area contributed by atoms with Crippen LogP contribution >= 0.6 is 0 Å². The number of aromatic nitrogens is 4. The van der Waals surface area contributed by atoms with Crippen LogP contribution < -0.4 is 5.69 Å². The molecule has 27 heavy (non-hydrogen) atoms. The van der Waals surface area contributed by atoms with Crippen LogP contribution in [0.5, 0.6) is 0 Å². The van der Waals surface area contributed by atoms with Crippen molar-refractivity contribution < 1.29 is 4.74 Å². The third kappa shape index (κ3) is 3.09. The summed E-state index contributed by atoms with van der Waals surface area (Å²) in [7, 11) is 0. The molecule has 0 saturated carbocycles. The van der Waals surface area contributed by atoms with E-state index in [0.29, 0.717) is 19.0 Å². The van der Waals surface area contributed by atoms with Crippen molar-refractivity contribution in [3.05, 3.63) is 70.5 Å². The van der Waals surface area contributed by atoms with Gasteiger partial charge in [-0.3, -0.25) is 14.5 Å². The molecule has 7 nitrogen and oxygen atoms in total. The van der Waals surface area contributed by atoms with E-state index < -0.39 is 0 Å². The Morgan fingerprint density at radius 1 is 1.15 bits per heavy atom. The molecule has 7 heteroatoms. The van der Waals surface area contributed by atoms with Gasteiger partial charge in [0.2, 0.25) is 0 Å². The van der Waals surface area contributed by atoms with E-state index in [2.05, 4.69) is 44.3 Å². The van der Waals surface area contributed by atoms with Crippen LogP contribution in [0.25, 0.3) is 11.3 Å². The van der Waals surface area contributed by atoms with Crippen LogP contribution in [-0.4, -0.2) is 43.3 Å². The second-order valence-corrected chi connectivity index (χ2v) is 7.38. The van der Waals surface area contributed by atoms with Gasteiger partial charge in [-0.15, -0.1) is 0 Å². The SMILES string of the molecule is O=c1[nH]nc2n1CC1(CCN(Cc3ccc(-c4ccccn4)cc3)C1)OC2. The topological polar surface area (TPSA) is 76.0 Å². The van der Waals surface area contributed by atoms with Gasteiger partial charge in [0.1, 0.15) is 12.2 Å².